The average Bonchev–Trinajstić information content (AvgIpc) is 2.29. The maximum absolute atomic E-state index is 12.4. The van der Waals surface area contributed by atoms with Gasteiger partial charge in [0.1, 0.15) is 11.8 Å². The van der Waals surface area contributed by atoms with Gasteiger partial charge in [-0.2, -0.15) is 5.26 Å². The highest BCUT2D eigenvalue weighted by Crippen LogP contribution is 2.24. The van der Waals surface area contributed by atoms with Gasteiger partial charge in [-0.1, -0.05) is 13.0 Å². The minimum absolute atomic E-state index is 0.173. The van der Waals surface area contributed by atoms with Crippen LogP contribution in [0.4, 0.5) is 4.39 Å². The molecule has 0 aromatic heterocycles. The Morgan fingerprint density at radius 2 is 2.27 bits per heavy atom. The van der Waals surface area contributed by atoms with E-state index in [9.17, 15) is 4.39 Å². The van der Waals surface area contributed by atoms with Crippen LogP contribution in [0, 0.1) is 11.3 Å². The Kier molecular flexibility index (Phi) is 4.11. The molecular weight excluding hydrogens is 193 g/mol. The summed E-state index contributed by atoms with van der Waals surface area (Å²) in [4.78, 5) is 0. The van der Waals surface area contributed by atoms with Crippen LogP contribution in [0.1, 0.15) is 30.9 Å². The van der Waals surface area contributed by atoms with Gasteiger partial charge in [0.2, 0.25) is 0 Å². The van der Waals surface area contributed by atoms with E-state index in [2.05, 4.69) is 6.07 Å². The first-order chi connectivity index (χ1) is 7.22. The Morgan fingerprint density at radius 1 is 1.53 bits per heavy atom. The van der Waals surface area contributed by atoms with Crippen LogP contribution in [0.5, 0.6) is 5.75 Å². The fraction of sp³-hybridized carbons (Fsp3) is 0.417. The Bertz CT molecular complexity index is 370. The van der Waals surface area contributed by atoms with Gasteiger partial charge in [0.25, 0.3) is 0 Å². The van der Waals surface area contributed by atoms with Gasteiger partial charge in [-0.25, -0.2) is 0 Å². The molecule has 1 rings (SSSR count). The highest BCUT2D eigenvalue weighted by Gasteiger charge is 2.09. The van der Waals surface area contributed by atoms with Crippen molar-refractivity contribution in [3.05, 3.63) is 29.3 Å². The number of hydrogen-bond donors (Lipinski definition) is 0. The summed E-state index contributed by atoms with van der Waals surface area (Å²) in [6.07, 6.45) is 0. The van der Waals surface area contributed by atoms with E-state index in [1.54, 1.807) is 25.1 Å². The standard InChI is InChI=1S/C12H14FNO/c1-3-15-12-5-4-10(9(2)7-13)6-11(12)8-14/h4-6,9H,3,7H2,1-2H3. The van der Waals surface area contributed by atoms with Crippen LogP contribution in [0.2, 0.25) is 0 Å². The van der Waals surface area contributed by atoms with E-state index in [-0.39, 0.29) is 5.92 Å². The first-order valence-corrected chi connectivity index (χ1v) is 4.95. The van der Waals surface area contributed by atoms with E-state index in [1.807, 2.05) is 6.92 Å². The fourth-order valence-electron chi connectivity index (χ4n) is 1.31. The van der Waals surface area contributed by atoms with Crippen molar-refractivity contribution < 1.29 is 9.13 Å². The third-order valence-corrected chi connectivity index (χ3v) is 2.22. The second-order valence-electron chi connectivity index (χ2n) is 3.36. The molecule has 0 aliphatic rings. The molecule has 0 amide bonds. The molecule has 80 valence electrons. The van der Waals surface area contributed by atoms with E-state index < -0.39 is 6.67 Å². The summed E-state index contributed by atoms with van der Waals surface area (Å²) in [5.74, 6) is 0.391. The highest BCUT2D eigenvalue weighted by atomic mass is 19.1. The number of ether oxygens (including phenoxy) is 1. The molecule has 1 aromatic carbocycles. The smallest absolute Gasteiger partial charge is 0.137 e. The van der Waals surface area contributed by atoms with Crippen molar-refractivity contribution in [2.75, 3.05) is 13.3 Å². The van der Waals surface area contributed by atoms with E-state index in [1.165, 1.54) is 0 Å². The van der Waals surface area contributed by atoms with Crippen molar-refractivity contribution in [2.45, 2.75) is 19.8 Å². The van der Waals surface area contributed by atoms with Gasteiger partial charge < -0.3 is 4.74 Å². The van der Waals surface area contributed by atoms with E-state index in [4.69, 9.17) is 10.00 Å². The zero-order valence-corrected chi connectivity index (χ0v) is 8.96. The summed E-state index contributed by atoms with van der Waals surface area (Å²) in [6.45, 7) is 3.75. The van der Waals surface area contributed by atoms with Gasteiger partial charge in [-0.05, 0) is 24.6 Å². The summed E-state index contributed by atoms with van der Waals surface area (Å²) >= 11 is 0. The highest BCUT2D eigenvalue weighted by molar-refractivity contribution is 5.46. The lowest BCUT2D eigenvalue weighted by atomic mass is 10.00. The fourth-order valence-corrected chi connectivity index (χ4v) is 1.31. The summed E-state index contributed by atoms with van der Waals surface area (Å²) in [5.41, 5.74) is 1.30. The lowest BCUT2D eigenvalue weighted by Gasteiger charge is -2.10. The van der Waals surface area contributed by atoms with Gasteiger partial charge in [-0.3, -0.25) is 4.39 Å². The summed E-state index contributed by atoms with van der Waals surface area (Å²) in [7, 11) is 0. The van der Waals surface area contributed by atoms with Crippen molar-refractivity contribution in [2.24, 2.45) is 0 Å². The molecule has 0 saturated heterocycles. The lowest BCUT2D eigenvalue weighted by molar-refractivity contribution is 0.339. The molecule has 0 aliphatic carbocycles. The SMILES string of the molecule is CCOc1ccc(C(C)CF)cc1C#N. The molecule has 1 unspecified atom stereocenters. The van der Waals surface area contributed by atoms with Crippen LogP contribution in [-0.2, 0) is 0 Å². The largest absolute Gasteiger partial charge is 0.492 e. The van der Waals surface area contributed by atoms with Gasteiger partial charge in [0.15, 0.2) is 0 Å². The van der Waals surface area contributed by atoms with Gasteiger partial charge >= 0.3 is 0 Å². The predicted octanol–water partition coefficient (Wildman–Crippen LogP) is 3.03. The molecule has 0 fully saturated rings. The second-order valence-corrected chi connectivity index (χ2v) is 3.36. The maximum atomic E-state index is 12.4. The maximum Gasteiger partial charge on any atom is 0.137 e. The van der Waals surface area contributed by atoms with Gasteiger partial charge in [0.05, 0.1) is 18.8 Å². The lowest BCUT2D eigenvalue weighted by Crippen LogP contribution is -1.99. The van der Waals surface area contributed by atoms with E-state index in [0.717, 1.165) is 5.56 Å². The van der Waals surface area contributed by atoms with Crippen molar-refractivity contribution in [1.29, 1.82) is 5.26 Å². The molecule has 0 aliphatic heterocycles. The monoisotopic (exact) mass is 207 g/mol. The average molecular weight is 207 g/mol. The quantitative estimate of drug-likeness (QED) is 0.760. The van der Waals surface area contributed by atoms with Crippen molar-refractivity contribution in [1.82, 2.24) is 0 Å². The van der Waals surface area contributed by atoms with E-state index in [0.29, 0.717) is 17.9 Å². The van der Waals surface area contributed by atoms with Crippen molar-refractivity contribution >= 4 is 0 Å². The molecule has 1 atom stereocenters. The summed E-state index contributed by atoms with van der Waals surface area (Å²) in [6, 6.07) is 7.27. The molecule has 3 heteroatoms. The Morgan fingerprint density at radius 3 is 2.80 bits per heavy atom. The van der Waals surface area contributed by atoms with Crippen LogP contribution in [0.25, 0.3) is 0 Å². The topological polar surface area (TPSA) is 33.0 Å². The first-order valence-electron chi connectivity index (χ1n) is 4.95. The van der Waals surface area contributed by atoms with Crippen LogP contribution < -0.4 is 4.74 Å². The molecule has 15 heavy (non-hydrogen) atoms. The molecule has 0 N–H and O–H groups in total. The van der Waals surface area contributed by atoms with Crippen LogP contribution in [0.15, 0.2) is 18.2 Å². The molecule has 1 aromatic rings. The number of hydrogen-bond acceptors (Lipinski definition) is 2. The zero-order valence-electron chi connectivity index (χ0n) is 8.96. The third-order valence-electron chi connectivity index (χ3n) is 2.22. The first kappa shape index (κ1) is 11.5. The van der Waals surface area contributed by atoms with Crippen molar-refractivity contribution in [3.63, 3.8) is 0 Å². The van der Waals surface area contributed by atoms with Gasteiger partial charge in [0, 0.05) is 5.92 Å². The number of halogens is 1. The third kappa shape index (κ3) is 2.69. The molecule has 0 radical (unpaired) electrons. The number of benzene rings is 1. The molecule has 0 saturated carbocycles. The summed E-state index contributed by atoms with van der Waals surface area (Å²) < 4.78 is 17.7. The number of rotatable bonds is 4. The molecule has 0 spiro atoms. The molecule has 0 bridgehead atoms. The predicted molar refractivity (Wildman–Crippen MR) is 56.7 cm³/mol. The molecule has 2 nitrogen and oxygen atoms in total. The zero-order chi connectivity index (χ0) is 11.3. The Hall–Kier alpha value is -1.56. The molecular formula is C12H14FNO. The van der Waals surface area contributed by atoms with Crippen LogP contribution in [-0.4, -0.2) is 13.3 Å². The molecule has 0 heterocycles. The van der Waals surface area contributed by atoms with Crippen LogP contribution in [0.3, 0.4) is 0 Å². The number of nitriles is 1. The van der Waals surface area contributed by atoms with Gasteiger partial charge in [-0.15, -0.1) is 0 Å². The van der Waals surface area contributed by atoms with Crippen LogP contribution >= 0.6 is 0 Å². The number of alkyl halides is 1. The Balaban J connectivity index is 3.03. The normalized spacial score (nSPS) is 11.9. The minimum Gasteiger partial charge on any atom is -0.492 e. The Labute approximate surface area is 89.3 Å². The summed E-state index contributed by atoms with van der Waals surface area (Å²) in [5, 5.41) is 8.90. The second kappa shape index (κ2) is 5.35. The van der Waals surface area contributed by atoms with E-state index >= 15 is 0 Å². The van der Waals surface area contributed by atoms with Crippen molar-refractivity contribution in [3.8, 4) is 11.8 Å². The number of nitrogens with zero attached hydrogens (tertiary/aromatic N) is 1. The minimum atomic E-state index is -0.418.